The summed E-state index contributed by atoms with van der Waals surface area (Å²) in [6.07, 6.45) is -5.16. The Morgan fingerprint density at radius 1 is 1.25 bits per heavy atom. The number of hydrogen-bond acceptors (Lipinski definition) is 2. The summed E-state index contributed by atoms with van der Waals surface area (Å²) in [7, 11) is 0. The molecule has 0 radical (unpaired) electrons. The van der Waals surface area contributed by atoms with Crippen molar-refractivity contribution in [1.82, 2.24) is 5.32 Å². The molecule has 0 rings (SSSR count). The van der Waals surface area contributed by atoms with E-state index < -0.39 is 36.2 Å². The summed E-state index contributed by atoms with van der Waals surface area (Å²) in [5, 5.41) is 9.72. The van der Waals surface area contributed by atoms with E-state index in [1.165, 1.54) is 19.2 Å². The third-order valence-corrected chi connectivity index (χ3v) is 2.03. The summed E-state index contributed by atoms with van der Waals surface area (Å²) in [6, 6.07) is 0. The van der Waals surface area contributed by atoms with E-state index in [4.69, 9.17) is 5.11 Å². The maximum absolute atomic E-state index is 13.6. The van der Waals surface area contributed by atoms with Crippen LogP contribution in [0.4, 0.5) is 17.6 Å². The van der Waals surface area contributed by atoms with E-state index in [2.05, 4.69) is 0 Å². The van der Waals surface area contributed by atoms with Gasteiger partial charge in [0.25, 0.3) is 0 Å². The van der Waals surface area contributed by atoms with Gasteiger partial charge in [0.1, 0.15) is 0 Å². The predicted octanol–water partition coefficient (Wildman–Crippen LogP) is 1.11. The van der Waals surface area contributed by atoms with E-state index in [1.807, 2.05) is 0 Å². The van der Waals surface area contributed by atoms with Crippen molar-refractivity contribution in [3.05, 3.63) is 0 Å². The minimum atomic E-state index is -5.16. The molecule has 0 aromatic carbocycles. The minimum absolute atomic E-state index is 1.07. The molecule has 1 unspecified atom stereocenters. The molecule has 8 heteroatoms. The molecule has 0 spiro atoms. The molecule has 0 saturated heterocycles. The molecule has 0 heterocycles. The van der Waals surface area contributed by atoms with Crippen molar-refractivity contribution in [1.29, 1.82) is 0 Å². The second-order valence-electron chi connectivity index (χ2n) is 3.50. The number of aliphatic carboxylic acids is 1. The van der Waals surface area contributed by atoms with Crippen molar-refractivity contribution in [2.24, 2.45) is 5.92 Å². The second kappa shape index (κ2) is 4.67. The van der Waals surface area contributed by atoms with Gasteiger partial charge in [0, 0.05) is 5.92 Å². The molecule has 0 saturated carbocycles. The minimum Gasteiger partial charge on any atom is -0.479 e. The quantitative estimate of drug-likeness (QED) is 0.729. The van der Waals surface area contributed by atoms with Crippen molar-refractivity contribution in [3.8, 4) is 0 Å². The number of rotatable bonds is 4. The standard InChI is InChI=1S/C8H11F4NO3/c1-4(2)7(9,6(15)16)3-13-5(14)8(10,11)12/h4H,3H2,1-2H3,(H,13,14)(H,15,16). The first-order chi connectivity index (χ1) is 7.01. The topological polar surface area (TPSA) is 66.4 Å². The summed E-state index contributed by atoms with van der Waals surface area (Å²) in [4.78, 5) is 20.9. The van der Waals surface area contributed by atoms with Crippen LogP contribution in [0.25, 0.3) is 0 Å². The molecule has 0 bridgehead atoms. The lowest BCUT2D eigenvalue weighted by atomic mass is 9.92. The molecular formula is C8H11F4NO3. The first kappa shape index (κ1) is 14.7. The molecule has 0 aliphatic rings. The first-order valence-electron chi connectivity index (χ1n) is 4.29. The molecule has 0 aliphatic heterocycles. The van der Waals surface area contributed by atoms with E-state index in [-0.39, 0.29) is 0 Å². The van der Waals surface area contributed by atoms with Gasteiger partial charge in [-0.05, 0) is 0 Å². The number of carboxylic acids is 1. The van der Waals surface area contributed by atoms with Crippen LogP contribution in [-0.4, -0.2) is 35.4 Å². The van der Waals surface area contributed by atoms with Crippen molar-refractivity contribution < 1.29 is 32.3 Å². The van der Waals surface area contributed by atoms with Gasteiger partial charge in [-0.15, -0.1) is 0 Å². The lowest BCUT2D eigenvalue weighted by Gasteiger charge is -2.25. The Morgan fingerprint density at radius 2 is 1.69 bits per heavy atom. The summed E-state index contributed by atoms with van der Waals surface area (Å²) >= 11 is 0. The van der Waals surface area contributed by atoms with Gasteiger partial charge >= 0.3 is 18.1 Å². The number of amides is 1. The number of carbonyl (C=O) groups is 2. The lowest BCUT2D eigenvalue weighted by molar-refractivity contribution is -0.175. The third kappa shape index (κ3) is 3.35. The SMILES string of the molecule is CC(C)C(F)(CNC(=O)C(F)(F)F)C(=O)O. The highest BCUT2D eigenvalue weighted by atomic mass is 19.4. The van der Waals surface area contributed by atoms with Crippen LogP contribution in [0.1, 0.15) is 13.8 Å². The van der Waals surface area contributed by atoms with Gasteiger partial charge in [-0.3, -0.25) is 4.79 Å². The Kier molecular flexibility index (Phi) is 4.28. The van der Waals surface area contributed by atoms with Crippen molar-refractivity contribution >= 4 is 11.9 Å². The molecule has 0 fully saturated rings. The van der Waals surface area contributed by atoms with Crippen molar-refractivity contribution in [2.45, 2.75) is 25.7 Å². The average molecular weight is 245 g/mol. The highest BCUT2D eigenvalue weighted by molar-refractivity contribution is 5.83. The zero-order valence-electron chi connectivity index (χ0n) is 8.56. The zero-order valence-corrected chi connectivity index (χ0v) is 8.56. The fourth-order valence-corrected chi connectivity index (χ4v) is 0.836. The van der Waals surface area contributed by atoms with Gasteiger partial charge in [0.15, 0.2) is 0 Å². The highest BCUT2D eigenvalue weighted by Gasteiger charge is 2.45. The average Bonchev–Trinajstić information content (AvgIpc) is 2.11. The lowest BCUT2D eigenvalue weighted by Crippen LogP contribution is -2.51. The smallest absolute Gasteiger partial charge is 0.471 e. The van der Waals surface area contributed by atoms with Gasteiger partial charge in [-0.1, -0.05) is 13.8 Å². The normalized spacial score (nSPS) is 15.7. The number of hydrogen-bond donors (Lipinski definition) is 2. The number of halogens is 4. The highest BCUT2D eigenvalue weighted by Crippen LogP contribution is 2.22. The maximum atomic E-state index is 13.6. The van der Waals surface area contributed by atoms with Gasteiger partial charge in [-0.2, -0.15) is 13.2 Å². The number of nitrogens with one attached hydrogen (secondary N) is 1. The van der Waals surface area contributed by atoms with Crippen LogP contribution in [-0.2, 0) is 9.59 Å². The second-order valence-corrected chi connectivity index (χ2v) is 3.50. The van der Waals surface area contributed by atoms with E-state index in [9.17, 15) is 27.2 Å². The van der Waals surface area contributed by atoms with Crippen LogP contribution in [0, 0.1) is 5.92 Å². The van der Waals surface area contributed by atoms with E-state index in [0.717, 1.165) is 0 Å². The summed E-state index contributed by atoms with van der Waals surface area (Å²) in [5.41, 5.74) is -2.92. The van der Waals surface area contributed by atoms with Crippen molar-refractivity contribution in [3.63, 3.8) is 0 Å². The predicted molar refractivity (Wildman–Crippen MR) is 45.4 cm³/mol. The number of carbonyl (C=O) groups excluding carboxylic acids is 1. The van der Waals surface area contributed by atoms with Gasteiger partial charge in [0.05, 0.1) is 6.54 Å². The van der Waals surface area contributed by atoms with Gasteiger partial charge in [0.2, 0.25) is 5.67 Å². The van der Waals surface area contributed by atoms with Gasteiger partial charge < -0.3 is 10.4 Å². The molecule has 0 aliphatic carbocycles. The van der Waals surface area contributed by atoms with Crippen LogP contribution >= 0.6 is 0 Å². The van der Waals surface area contributed by atoms with Gasteiger partial charge in [-0.25, -0.2) is 9.18 Å². The fraction of sp³-hybridized carbons (Fsp3) is 0.750. The molecule has 0 aromatic rings. The number of alkyl halides is 4. The Labute approximate surface area is 88.6 Å². The number of carboxylic acid groups (broad SMARTS) is 1. The monoisotopic (exact) mass is 245 g/mol. The van der Waals surface area contributed by atoms with Crippen LogP contribution in [0.5, 0.6) is 0 Å². The van der Waals surface area contributed by atoms with E-state index in [0.29, 0.717) is 0 Å². The molecular weight excluding hydrogens is 234 g/mol. The molecule has 2 N–H and O–H groups in total. The fourth-order valence-electron chi connectivity index (χ4n) is 0.836. The largest absolute Gasteiger partial charge is 0.479 e. The summed E-state index contributed by atoms with van der Waals surface area (Å²) in [6.45, 7) is 1.15. The van der Waals surface area contributed by atoms with Crippen LogP contribution in [0.15, 0.2) is 0 Å². The Bertz CT molecular complexity index is 289. The van der Waals surface area contributed by atoms with Crippen molar-refractivity contribution in [2.75, 3.05) is 6.54 Å². The summed E-state index contributed by atoms with van der Waals surface area (Å²) in [5.74, 6) is -5.35. The zero-order chi connectivity index (χ0) is 13.1. The molecule has 16 heavy (non-hydrogen) atoms. The molecule has 4 nitrogen and oxygen atoms in total. The van der Waals surface area contributed by atoms with E-state index in [1.54, 1.807) is 0 Å². The van der Waals surface area contributed by atoms with E-state index >= 15 is 0 Å². The van der Waals surface area contributed by atoms with Crippen LogP contribution < -0.4 is 5.32 Å². The molecule has 1 amide bonds. The molecule has 0 aromatic heterocycles. The molecule has 1 atom stereocenters. The Balaban J connectivity index is 4.59. The van der Waals surface area contributed by atoms with Crippen LogP contribution in [0.3, 0.4) is 0 Å². The first-order valence-corrected chi connectivity index (χ1v) is 4.29. The maximum Gasteiger partial charge on any atom is 0.471 e. The Hall–Kier alpha value is -1.34. The molecule has 94 valence electrons. The van der Waals surface area contributed by atoms with Crippen LogP contribution in [0.2, 0.25) is 0 Å². The summed E-state index contributed by atoms with van der Waals surface area (Å²) < 4.78 is 48.8. The Morgan fingerprint density at radius 3 is 1.94 bits per heavy atom. The third-order valence-electron chi connectivity index (χ3n) is 2.03.